The first-order valence-corrected chi connectivity index (χ1v) is 9.03. The third-order valence-corrected chi connectivity index (χ3v) is 5.17. The number of anilines is 1. The summed E-state index contributed by atoms with van der Waals surface area (Å²) < 4.78 is 5.37. The Kier molecular flexibility index (Phi) is 5.56. The van der Waals surface area contributed by atoms with Gasteiger partial charge >= 0.3 is 5.97 Å². The lowest BCUT2D eigenvalue weighted by Gasteiger charge is -2.37. The second kappa shape index (κ2) is 7.86. The van der Waals surface area contributed by atoms with E-state index in [0.717, 1.165) is 6.42 Å². The minimum Gasteiger partial charge on any atom is -0.481 e. The Morgan fingerprint density at radius 2 is 2.04 bits per heavy atom. The first kappa shape index (κ1) is 18.4. The fraction of sp³-hybridized carbons (Fsp3) is 0.526. The van der Waals surface area contributed by atoms with Crippen LogP contribution in [0, 0.1) is 5.92 Å². The Balaban J connectivity index is 1.71. The van der Waals surface area contributed by atoms with Crippen LogP contribution >= 0.6 is 0 Å². The van der Waals surface area contributed by atoms with E-state index in [1.165, 1.54) is 0 Å². The number of carboxylic acid groups (broad SMARTS) is 1. The molecule has 0 aromatic heterocycles. The maximum Gasteiger partial charge on any atom is 0.308 e. The summed E-state index contributed by atoms with van der Waals surface area (Å²) in [5.41, 5.74) is 0.976. The third kappa shape index (κ3) is 3.88. The molecule has 2 N–H and O–H groups in total. The molecule has 0 saturated carbocycles. The fourth-order valence-electron chi connectivity index (χ4n) is 3.66. The summed E-state index contributed by atoms with van der Waals surface area (Å²) in [5.74, 6) is -1.83. The topological polar surface area (TPSA) is 95.9 Å². The smallest absolute Gasteiger partial charge is 0.308 e. The number of carbonyl (C=O) groups excluding carboxylic acids is 2. The monoisotopic (exact) mass is 360 g/mol. The molecule has 0 spiro atoms. The zero-order valence-corrected chi connectivity index (χ0v) is 14.8. The number of piperidine rings is 1. The van der Waals surface area contributed by atoms with E-state index in [9.17, 15) is 19.5 Å². The molecule has 2 saturated heterocycles. The van der Waals surface area contributed by atoms with Gasteiger partial charge in [0, 0.05) is 30.4 Å². The standard InChI is InChI=1S/C19H24N2O5/c1-12-15(19(24)25)7-3-9-21(12)18(23)13-5-2-6-14(11-13)20-17(22)16-8-4-10-26-16/h2,5-6,11-12,15-16H,3-4,7-10H2,1H3,(H,20,22)(H,24,25)/t12-,15-,16?/m1/s1. The number of aliphatic carboxylic acids is 1. The molecule has 140 valence electrons. The van der Waals surface area contributed by atoms with Gasteiger partial charge < -0.3 is 20.1 Å². The molecule has 0 aliphatic carbocycles. The zero-order chi connectivity index (χ0) is 18.7. The van der Waals surface area contributed by atoms with Crippen molar-refractivity contribution in [1.82, 2.24) is 4.90 Å². The van der Waals surface area contributed by atoms with Gasteiger partial charge in [-0.15, -0.1) is 0 Å². The van der Waals surface area contributed by atoms with Crippen LogP contribution in [0.4, 0.5) is 5.69 Å². The van der Waals surface area contributed by atoms with E-state index < -0.39 is 18.0 Å². The summed E-state index contributed by atoms with van der Waals surface area (Å²) in [7, 11) is 0. The summed E-state index contributed by atoms with van der Waals surface area (Å²) in [6, 6.07) is 6.39. The van der Waals surface area contributed by atoms with Gasteiger partial charge in [-0.1, -0.05) is 6.07 Å². The van der Waals surface area contributed by atoms with Crippen molar-refractivity contribution >= 4 is 23.5 Å². The van der Waals surface area contributed by atoms with Crippen LogP contribution in [0.15, 0.2) is 24.3 Å². The maximum absolute atomic E-state index is 12.9. The molecule has 2 aliphatic heterocycles. The summed E-state index contributed by atoms with van der Waals surface area (Å²) in [6.07, 6.45) is 2.38. The van der Waals surface area contributed by atoms with Gasteiger partial charge in [0.05, 0.1) is 5.92 Å². The minimum atomic E-state index is -0.868. The van der Waals surface area contributed by atoms with Crippen molar-refractivity contribution in [2.24, 2.45) is 5.92 Å². The summed E-state index contributed by atoms with van der Waals surface area (Å²) in [6.45, 7) is 2.91. The molecule has 3 atom stereocenters. The van der Waals surface area contributed by atoms with Crippen molar-refractivity contribution in [3.05, 3.63) is 29.8 Å². The van der Waals surface area contributed by atoms with Crippen LogP contribution in [0.2, 0.25) is 0 Å². The van der Waals surface area contributed by atoms with E-state index in [-0.39, 0.29) is 17.9 Å². The molecule has 0 bridgehead atoms. The number of hydrogen-bond donors (Lipinski definition) is 2. The average Bonchev–Trinajstić information content (AvgIpc) is 3.16. The molecule has 7 nitrogen and oxygen atoms in total. The molecule has 2 aliphatic rings. The van der Waals surface area contributed by atoms with Crippen molar-refractivity contribution in [1.29, 1.82) is 0 Å². The van der Waals surface area contributed by atoms with Gasteiger partial charge in [0.1, 0.15) is 6.10 Å². The van der Waals surface area contributed by atoms with E-state index in [0.29, 0.717) is 43.7 Å². The lowest BCUT2D eigenvalue weighted by Crippen LogP contribution is -2.49. The van der Waals surface area contributed by atoms with Crippen LogP contribution in [0.25, 0.3) is 0 Å². The molecule has 1 aromatic rings. The Bertz CT molecular complexity index is 699. The van der Waals surface area contributed by atoms with Crippen LogP contribution in [0.5, 0.6) is 0 Å². The van der Waals surface area contributed by atoms with Gasteiger partial charge in [-0.25, -0.2) is 0 Å². The fourth-order valence-corrected chi connectivity index (χ4v) is 3.66. The predicted octanol–water partition coefficient (Wildman–Crippen LogP) is 2.13. The van der Waals surface area contributed by atoms with Crippen LogP contribution in [0.3, 0.4) is 0 Å². The molecule has 1 aromatic carbocycles. The number of hydrogen-bond acceptors (Lipinski definition) is 4. The van der Waals surface area contributed by atoms with Gasteiger partial charge in [-0.3, -0.25) is 14.4 Å². The Morgan fingerprint density at radius 3 is 2.73 bits per heavy atom. The van der Waals surface area contributed by atoms with E-state index in [2.05, 4.69) is 5.32 Å². The molecule has 7 heteroatoms. The van der Waals surface area contributed by atoms with Crippen LogP contribution in [-0.4, -0.2) is 53.1 Å². The minimum absolute atomic E-state index is 0.204. The molecule has 1 unspecified atom stereocenters. The van der Waals surface area contributed by atoms with Crippen molar-refractivity contribution in [3.63, 3.8) is 0 Å². The lowest BCUT2D eigenvalue weighted by atomic mass is 9.90. The largest absolute Gasteiger partial charge is 0.481 e. The number of amides is 2. The van der Waals surface area contributed by atoms with E-state index in [1.54, 1.807) is 36.1 Å². The van der Waals surface area contributed by atoms with Gasteiger partial charge in [0.15, 0.2) is 0 Å². The second-order valence-corrected chi connectivity index (χ2v) is 6.90. The van der Waals surface area contributed by atoms with E-state index >= 15 is 0 Å². The van der Waals surface area contributed by atoms with Crippen molar-refractivity contribution in [2.45, 2.75) is 44.8 Å². The number of carbonyl (C=O) groups is 3. The number of likely N-dealkylation sites (tertiary alicyclic amines) is 1. The van der Waals surface area contributed by atoms with Crippen molar-refractivity contribution in [2.75, 3.05) is 18.5 Å². The molecule has 3 rings (SSSR count). The highest BCUT2D eigenvalue weighted by Crippen LogP contribution is 2.26. The van der Waals surface area contributed by atoms with Crippen LogP contribution < -0.4 is 5.32 Å². The maximum atomic E-state index is 12.9. The number of nitrogens with zero attached hydrogens (tertiary/aromatic N) is 1. The molecule has 26 heavy (non-hydrogen) atoms. The first-order chi connectivity index (χ1) is 12.5. The molecular weight excluding hydrogens is 336 g/mol. The third-order valence-electron chi connectivity index (χ3n) is 5.17. The summed E-state index contributed by atoms with van der Waals surface area (Å²) >= 11 is 0. The highest BCUT2D eigenvalue weighted by atomic mass is 16.5. The van der Waals surface area contributed by atoms with Gasteiger partial charge in [-0.05, 0) is 50.8 Å². The number of benzene rings is 1. The molecule has 2 heterocycles. The normalized spacial score (nSPS) is 25.7. The van der Waals surface area contributed by atoms with Crippen LogP contribution in [-0.2, 0) is 14.3 Å². The molecule has 2 fully saturated rings. The number of ether oxygens (including phenoxy) is 1. The van der Waals surface area contributed by atoms with Crippen molar-refractivity contribution in [3.8, 4) is 0 Å². The van der Waals surface area contributed by atoms with Gasteiger partial charge in [-0.2, -0.15) is 0 Å². The number of rotatable bonds is 4. The van der Waals surface area contributed by atoms with E-state index in [4.69, 9.17) is 4.74 Å². The number of nitrogens with one attached hydrogen (secondary N) is 1. The van der Waals surface area contributed by atoms with Crippen LogP contribution in [0.1, 0.15) is 43.0 Å². The first-order valence-electron chi connectivity index (χ1n) is 9.03. The lowest BCUT2D eigenvalue weighted by molar-refractivity contribution is -0.145. The summed E-state index contributed by atoms with van der Waals surface area (Å²) in [5, 5.41) is 12.1. The Hall–Kier alpha value is -2.41. The Morgan fingerprint density at radius 1 is 1.23 bits per heavy atom. The molecular formula is C19H24N2O5. The Labute approximate surface area is 152 Å². The predicted molar refractivity (Wildman–Crippen MR) is 94.9 cm³/mol. The number of carboxylic acids is 1. The van der Waals surface area contributed by atoms with Gasteiger partial charge in [0.2, 0.25) is 0 Å². The zero-order valence-electron chi connectivity index (χ0n) is 14.8. The van der Waals surface area contributed by atoms with E-state index in [1.807, 2.05) is 0 Å². The molecule has 2 amide bonds. The average molecular weight is 360 g/mol. The second-order valence-electron chi connectivity index (χ2n) is 6.90. The van der Waals surface area contributed by atoms with Crippen molar-refractivity contribution < 1.29 is 24.2 Å². The highest BCUT2D eigenvalue weighted by molar-refractivity contribution is 5.98. The highest BCUT2D eigenvalue weighted by Gasteiger charge is 2.35. The van der Waals surface area contributed by atoms with Gasteiger partial charge in [0.25, 0.3) is 11.8 Å². The SMILES string of the molecule is C[C@@H]1[C@H](C(=O)O)CCCN1C(=O)c1cccc(NC(=O)C2CCCO2)c1. The quantitative estimate of drug-likeness (QED) is 0.857. The summed E-state index contributed by atoms with van der Waals surface area (Å²) in [4.78, 5) is 38.0. The molecule has 0 radical (unpaired) electrons.